The Hall–Kier alpha value is -2.12. The van der Waals surface area contributed by atoms with E-state index in [2.05, 4.69) is 22.0 Å². The molecule has 0 unspecified atom stereocenters. The number of carbonyl (C=O) groups excluding carboxylic acids is 1. The van der Waals surface area contributed by atoms with E-state index in [0.717, 1.165) is 41.8 Å². The lowest BCUT2D eigenvalue weighted by Gasteiger charge is -2.30. The number of aromatic amines is 1. The molecule has 2 amide bonds. The standard InChI is InChI=1S/C18H21ClN4O2S/c1-20-14(11-26-2)10-25-17-8-16-12(7-15(17)19)6-13(22-16)9-21-18(24)23-4-3-5-23/h6-8,11,22H,1,3-5,9-10H2,2H3,(H,21,24)/b14-11-. The molecule has 8 heteroatoms. The van der Waals surface area contributed by atoms with Crippen molar-refractivity contribution in [1.29, 1.82) is 0 Å². The minimum absolute atomic E-state index is 0.0259. The highest BCUT2D eigenvalue weighted by atomic mass is 35.5. The Morgan fingerprint density at radius 2 is 2.31 bits per heavy atom. The van der Waals surface area contributed by atoms with Gasteiger partial charge in [0.1, 0.15) is 12.4 Å². The molecule has 0 radical (unpaired) electrons. The highest BCUT2D eigenvalue weighted by Crippen LogP contribution is 2.31. The molecule has 0 spiro atoms. The molecule has 2 heterocycles. The van der Waals surface area contributed by atoms with E-state index in [9.17, 15) is 4.79 Å². The van der Waals surface area contributed by atoms with Crippen molar-refractivity contribution in [3.63, 3.8) is 0 Å². The number of aromatic nitrogens is 1. The second-order valence-electron chi connectivity index (χ2n) is 5.96. The smallest absolute Gasteiger partial charge is 0.317 e. The summed E-state index contributed by atoms with van der Waals surface area (Å²) in [4.78, 5) is 20.9. The fourth-order valence-electron chi connectivity index (χ4n) is 2.61. The van der Waals surface area contributed by atoms with Crippen LogP contribution in [0.4, 0.5) is 4.79 Å². The van der Waals surface area contributed by atoms with Crippen LogP contribution >= 0.6 is 23.4 Å². The van der Waals surface area contributed by atoms with Gasteiger partial charge in [-0.25, -0.2) is 4.79 Å². The summed E-state index contributed by atoms with van der Waals surface area (Å²) in [6, 6.07) is 5.66. The molecule has 138 valence electrons. The molecule has 1 aromatic heterocycles. The molecule has 0 atom stereocenters. The summed E-state index contributed by atoms with van der Waals surface area (Å²) in [6.07, 6.45) is 3.03. The summed E-state index contributed by atoms with van der Waals surface area (Å²) >= 11 is 7.87. The van der Waals surface area contributed by atoms with Crippen molar-refractivity contribution in [2.75, 3.05) is 26.0 Å². The van der Waals surface area contributed by atoms with Gasteiger partial charge >= 0.3 is 6.03 Å². The zero-order valence-corrected chi connectivity index (χ0v) is 16.1. The molecular formula is C18H21ClN4O2S. The lowest BCUT2D eigenvalue weighted by molar-refractivity contribution is 0.167. The number of nitrogens with zero attached hydrogens (tertiary/aromatic N) is 2. The summed E-state index contributed by atoms with van der Waals surface area (Å²) in [5, 5.41) is 6.29. The molecule has 3 rings (SSSR count). The number of carbonyl (C=O) groups is 1. The Morgan fingerprint density at radius 3 is 2.96 bits per heavy atom. The second-order valence-corrected chi connectivity index (χ2v) is 7.07. The zero-order chi connectivity index (χ0) is 18.5. The van der Waals surface area contributed by atoms with Gasteiger partial charge in [0.05, 0.1) is 17.3 Å². The molecule has 2 aromatic rings. The lowest BCUT2D eigenvalue weighted by atomic mass is 10.2. The van der Waals surface area contributed by atoms with Crippen LogP contribution in [0.1, 0.15) is 12.1 Å². The number of thioether (sulfide) groups is 1. The summed E-state index contributed by atoms with van der Waals surface area (Å²) in [5.41, 5.74) is 2.56. The van der Waals surface area contributed by atoms with Crippen molar-refractivity contribution < 1.29 is 9.53 Å². The third-order valence-electron chi connectivity index (χ3n) is 4.13. The number of rotatable bonds is 7. The van der Waals surface area contributed by atoms with E-state index >= 15 is 0 Å². The quantitative estimate of drug-likeness (QED) is 0.699. The van der Waals surface area contributed by atoms with E-state index in [4.69, 9.17) is 16.3 Å². The molecule has 1 aromatic carbocycles. The van der Waals surface area contributed by atoms with Crippen LogP contribution in [-0.2, 0) is 6.54 Å². The number of nitrogens with one attached hydrogen (secondary N) is 2. The van der Waals surface area contributed by atoms with E-state index in [1.807, 2.05) is 29.9 Å². The first-order chi connectivity index (χ1) is 12.6. The van der Waals surface area contributed by atoms with Gasteiger partial charge in [-0.15, -0.1) is 11.8 Å². The molecule has 0 aliphatic carbocycles. The minimum Gasteiger partial charge on any atom is -0.486 e. The molecule has 2 N–H and O–H groups in total. The number of H-pyrrole nitrogens is 1. The number of benzene rings is 1. The number of fused-ring (bicyclic) bond motifs is 1. The SMILES string of the molecule is C=N/C(=C\SC)COc1cc2[nH]c(CNC(=O)N3CCC3)cc2cc1Cl. The molecule has 1 fully saturated rings. The fraction of sp³-hybridized carbons (Fsp3) is 0.333. The number of likely N-dealkylation sites (tertiary alicyclic amines) is 1. The first-order valence-corrected chi connectivity index (χ1v) is 9.92. The summed E-state index contributed by atoms with van der Waals surface area (Å²) in [5.74, 6) is 0.577. The average Bonchev–Trinajstić information content (AvgIpc) is 2.96. The highest BCUT2D eigenvalue weighted by molar-refractivity contribution is 8.01. The van der Waals surface area contributed by atoms with Gasteiger partial charge in [-0.3, -0.25) is 4.99 Å². The number of aliphatic imine (C=N–C) groups is 1. The Balaban J connectivity index is 1.68. The molecule has 6 nitrogen and oxygen atoms in total. The van der Waals surface area contributed by atoms with Gasteiger partial charge < -0.3 is 19.9 Å². The number of hydrogen-bond donors (Lipinski definition) is 2. The van der Waals surface area contributed by atoms with Crippen LogP contribution in [0, 0.1) is 0 Å². The van der Waals surface area contributed by atoms with Gasteiger partial charge in [0.15, 0.2) is 0 Å². The molecule has 0 saturated carbocycles. The molecule has 26 heavy (non-hydrogen) atoms. The van der Waals surface area contributed by atoms with E-state index < -0.39 is 0 Å². The minimum atomic E-state index is -0.0259. The second kappa shape index (κ2) is 8.51. The van der Waals surface area contributed by atoms with Crippen LogP contribution in [0.3, 0.4) is 0 Å². The predicted octanol–water partition coefficient (Wildman–Crippen LogP) is 4.02. The van der Waals surface area contributed by atoms with Crippen molar-refractivity contribution in [3.05, 3.63) is 40.0 Å². The Labute approximate surface area is 161 Å². The number of hydrogen-bond acceptors (Lipinski definition) is 4. The molecule has 1 aliphatic heterocycles. The predicted molar refractivity (Wildman–Crippen MR) is 108 cm³/mol. The molecule has 1 saturated heterocycles. The number of ether oxygens (including phenoxy) is 1. The number of amides is 2. The third-order valence-corrected chi connectivity index (χ3v) is 4.94. The van der Waals surface area contributed by atoms with Crippen LogP contribution in [0.25, 0.3) is 10.9 Å². The Kier molecular flexibility index (Phi) is 6.11. The van der Waals surface area contributed by atoms with E-state index in [1.54, 1.807) is 16.7 Å². The molecular weight excluding hydrogens is 372 g/mol. The van der Waals surface area contributed by atoms with Crippen LogP contribution < -0.4 is 10.1 Å². The van der Waals surface area contributed by atoms with Crippen molar-refractivity contribution >= 4 is 47.0 Å². The van der Waals surface area contributed by atoms with Gasteiger partial charge in [0.2, 0.25) is 0 Å². The highest BCUT2D eigenvalue weighted by Gasteiger charge is 2.19. The first kappa shape index (κ1) is 18.7. The van der Waals surface area contributed by atoms with Crippen molar-refractivity contribution in [1.82, 2.24) is 15.2 Å². The van der Waals surface area contributed by atoms with Crippen molar-refractivity contribution in [2.45, 2.75) is 13.0 Å². The number of halogens is 1. The normalized spacial score (nSPS) is 14.2. The van der Waals surface area contributed by atoms with Gasteiger partial charge in [-0.05, 0) is 36.9 Å². The Bertz CT molecular complexity index is 845. The summed E-state index contributed by atoms with van der Waals surface area (Å²) in [6.45, 7) is 5.95. The van der Waals surface area contributed by atoms with E-state index in [0.29, 0.717) is 23.9 Å². The molecule has 0 bridgehead atoms. The maximum absolute atomic E-state index is 11.9. The van der Waals surface area contributed by atoms with Crippen molar-refractivity contribution in [3.8, 4) is 5.75 Å². The fourth-order valence-corrected chi connectivity index (χ4v) is 3.25. The topological polar surface area (TPSA) is 69.7 Å². The van der Waals surface area contributed by atoms with Crippen LogP contribution in [0.15, 0.2) is 34.3 Å². The molecule has 1 aliphatic rings. The maximum atomic E-state index is 11.9. The van der Waals surface area contributed by atoms with Crippen LogP contribution in [0.2, 0.25) is 5.02 Å². The van der Waals surface area contributed by atoms with Gasteiger partial charge in [0.25, 0.3) is 0 Å². The van der Waals surface area contributed by atoms with E-state index in [1.165, 1.54) is 0 Å². The first-order valence-electron chi connectivity index (χ1n) is 8.26. The van der Waals surface area contributed by atoms with Crippen LogP contribution in [0.5, 0.6) is 5.75 Å². The average molecular weight is 393 g/mol. The summed E-state index contributed by atoms with van der Waals surface area (Å²) < 4.78 is 5.77. The third kappa shape index (κ3) is 4.34. The largest absolute Gasteiger partial charge is 0.486 e. The summed E-state index contributed by atoms with van der Waals surface area (Å²) in [7, 11) is 0. The zero-order valence-electron chi connectivity index (χ0n) is 14.5. The van der Waals surface area contributed by atoms with Gasteiger partial charge in [-0.2, -0.15) is 0 Å². The lowest BCUT2D eigenvalue weighted by Crippen LogP contribution is -2.47. The van der Waals surface area contributed by atoms with Gasteiger partial charge in [0, 0.05) is 35.8 Å². The van der Waals surface area contributed by atoms with Crippen molar-refractivity contribution in [2.24, 2.45) is 4.99 Å². The maximum Gasteiger partial charge on any atom is 0.317 e. The number of urea groups is 1. The van der Waals surface area contributed by atoms with E-state index in [-0.39, 0.29) is 6.03 Å². The monoisotopic (exact) mass is 392 g/mol. The van der Waals surface area contributed by atoms with Gasteiger partial charge in [-0.1, -0.05) is 11.6 Å². The van der Waals surface area contributed by atoms with Crippen LogP contribution in [-0.4, -0.2) is 48.6 Å². The Morgan fingerprint density at radius 1 is 1.50 bits per heavy atom.